The van der Waals surface area contributed by atoms with Crippen LogP contribution in [0.2, 0.25) is 0 Å². The molecule has 0 aliphatic carbocycles. The molecule has 0 saturated heterocycles. The first-order valence-electron chi connectivity index (χ1n) is 8.63. The van der Waals surface area contributed by atoms with E-state index in [4.69, 9.17) is 4.74 Å². The molecular formula is C19H23N3O3. The van der Waals surface area contributed by atoms with Crippen molar-refractivity contribution in [1.29, 1.82) is 0 Å². The SMILES string of the molecule is CCc1nc(C)c(CC(=O)NCC2COc3ccccc3C2)c(=O)[nH]1. The average Bonchev–Trinajstić information content (AvgIpc) is 2.62. The van der Waals surface area contributed by atoms with Crippen LogP contribution in [0, 0.1) is 12.8 Å². The fourth-order valence-electron chi connectivity index (χ4n) is 3.05. The van der Waals surface area contributed by atoms with E-state index in [9.17, 15) is 9.59 Å². The van der Waals surface area contributed by atoms with E-state index in [1.165, 1.54) is 5.56 Å². The molecule has 1 aromatic carbocycles. The van der Waals surface area contributed by atoms with Crippen molar-refractivity contribution in [2.75, 3.05) is 13.2 Å². The Labute approximate surface area is 146 Å². The van der Waals surface area contributed by atoms with Gasteiger partial charge in [-0.25, -0.2) is 4.98 Å². The number of para-hydroxylation sites is 1. The summed E-state index contributed by atoms with van der Waals surface area (Å²) < 4.78 is 5.73. The number of aromatic nitrogens is 2. The molecule has 3 rings (SSSR count). The van der Waals surface area contributed by atoms with Crippen molar-refractivity contribution < 1.29 is 9.53 Å². The van der Waals surface area contributed by atoms with Crippen LogP contribution in [0.1, 0.15) is 29.6 Å². The second kappa shape index (κ2) is 7.51. The van der Waals surface area contributed by atoms with E-state index in [1.54, 1.807) is 6.92 Å². The minimum Gasteiger partial charge on any atom is -0.493 e. The lowest BCUT2D eigenvalue weighted by molar-refractivity contribution is -0.120. The zero-order valence-electron chi connectivity index (χ0n) is 14.6. The summed E-state index contributed by atoms with van der Waals surface area (Å²) in [5, 5.41) is 2.92. The number of benzene rings is 1. The van der Waals surface area contributed by atoms with Crippen LogP contribution in [0.4, 0.5) is 0 Å². The van der Waals surface area contributed by atoms with E-state index in [-0.39, 0.29) is 23.8 Å². The fraction of sp³-hybridized carbons (Fsp3) is 0.421. The highest BCUT2D eigenvalue weighted by Gasteiger charge is 2.20. The minimum atomic E-state index is -0.227. The predicted molar refractivity (Wildman–Crippen MR) is 94.8 cm³/mol. The summed E-state index contributed by atoms with van der Waals surface area (Å²) in [6.07, 6.45) is 1.58. The molecule has 0 saturated carbocycles. The number of H-pyrrole nitrogens is 1. The van der Waals surface area contributed by atoms with Gasteiger partial charge in [-0.05, 0) is 25.0 Å². The van der Waals surface area contributed by atoms with Crippen molar-refractivity contribution in [3.63, 3.8) is 0 Å². The van der Waals surface area contributed by atoms with Gasteiger partial charge in [0.25, 0.3) is 5.56 Å². The van der Waals surface area contributed by atoms with Crippen LogP contribution in [0.3, 0.4) is 0 Å². The number of fused-ring (bicyclic) bond motifs is 1. The Morgan fingerprint density at radius 3 is 2.96 bits per heavy atom. The smallest absolute Gasteiger partial charge is 0.254 e. The maximum Gasteiger partial charge on any atom is 0.254 e. The van der Waals surface area contributed by atoms with Gasteiger partial charge < -0.3 is 15.0 Å². The third-order valence-electron chi connectivity index (χ3n) is 4.49. The van der Waals surface area contributed by atoms with Gasteiger partial charge >= 0.3 is 0 Å². The molecule has 1 aliphatic rings. The van der Waals surface area contributed by atoms with Gasteiger partial charge in [-0.2, -0.15) is 0 Å². The molecule has 1 amide bonds. The topological polar surface area (TPSA) is 84.1 Å². The molecule has 2 heterocycles. The molecule has 2 N–H and O–H groups in total. The minimum absolute atomic E-state index is 0.0440. The van der Waals surface area contributed by atoms with Crippen molar-refractivity contribution >= 4 is 5.91 Å². The zero-order chi connectivity index (χ0) is 17.8. The van der Waals surface area contributed by atoms with Gasteiger partial charge in [0.15, 0.2) is 0 Å². The number of nitrogens with one attached hydrogen (secondary N) is 2. The molecular weight excluding hydrogens is 318 g/mol. The number of aromatic amines is 1. The van der Waals surface area contributed by atoms with Gasteiger partial charge in [-0.15, -0.1) is 0 Å². The highest BCUT2D eigenvalue weighted by atomic mass is 16.5. The van der Waals surface area contributed by atoms with E-state index in [1.807, 2.05) is 31.2 Å². The molecule has 0 radical (unpaired) electrons. The van der Waals surface area contributed by atoms with Gasteiger partial charge in [0, 0.05) is 30.1 Å². The number of nitrogens with zero attached hydrogens (tertiary/aromatic N) is 1. The fourth-order valence-corrected chi connectivity index (χ4v) is 3.05. The van der Waals surface area contributed by atoms with Crippen LogP contribution >= 0.6 is 0 Å². The number of aryl methyl sites for hydroxylation is 2. The molecule has 25 heavy (non-hydrogen) atoms. The monoisotopic (exact) mass is 341 g/mol. The molecule has 1 atom stereocenters. The van der Waals surface area contributed by atoms with Gasteiger partial charge in [-0.1, -0.05) is 25.1 Å². The van der Waals surface area contributed by atoms with E-state index in [2.05, 4.69) is 15.3 Å². The Morgan fingerprint density at radius 2 is 2.20 bits per heavy atom. The highest BCUT2D eigenvalue weighted by molar-refractivity contribution is 5.78. The second-order valence-electron chi connectivity index (χ2n) is 6.40. The Bertz CT molecular complexity index is 829. The standard InChI is InChI=1S/C19H23N3O3/c1-3-17-21-12(2)15(19(24)22-17)9-18(23)20-10-13-8-14-6-4-5-7-16(14)25-11-13/h4-7,13H,3,8-11H2,1-2H3,(H,20,23)(H,21,22,24). The van der Waals surface area contributed by atoms with E-state index >= 15 is 0 Å². The lowest BCUT2D eigenvalue weighted by Gasteiger charge is -2.25. The molecule has 132 valence electrons. The van der Waals surface area contributed by atoms with Crippen molar-refractivity contribution in [2.45, 2.75) is 33.1 Å². The van der Waals surface area contributed by atoms with Crippen molar-refractivity contribution in [3.8, 4) is 5.75 Å². The van der Waals surface area contributed by atoms with Crippen LogP contribution < -0.4 is 15.6 Å². The van der Waals surface area contributed by atoms with Crippen molar-refractivity contribution in [2.24, 2.45) is 5.92 Å². The van der Waals surface area contributed by atoms with E-state index < -0.39 is 0 Å². The maximum atomic E-state index is 12.2. The number of ether oxygens (including phenoxy) is 1. The number of rotatable bonds is 5. The average molecular weight is 341 g/mol. The summed E-state index contributed by atoms with van der Waals surface area (Å²) >= 11 is 0. The van der Waals surface area contributed by atoms with Gasteiger partial charge in [0.2, 0.25) is 5.91 Å². The van der Waals surface area contributed by atoms with Gasteiger partial charge in [-0.3, -0.25) is 9.59 Å². The first kappa shape index (κ1) is 17.2. The maximum absolute atomic E-state index is 12.2. The summed E-state index contributed by atoms with van der Waals surface area (Å²) in [7, 11) is 0. The quantitative estimate of drug-likeness (QED) is 0.864. The molecule has 0 bridgehead atoms. The van der Waals surface area contributed by atoms with E-state index in [0.29, 0.717) is 36.7 Å². The van der Waals surface area contributed by atoms with E-state index in [0.717, 1.165) is 12.2 Å². The Hall–Kier alpha value is -2.63. The van der Waals surface area contributed by atoms with Crippen molar-refractivity contribution in [3.05, 3.63) is 57.3 Å². The van der Waals surface area contributed by atoms with Crippen LogP contribution in [0.25, 0.3) is 0 Å². The predicted octanol–water partition coefficient (Wildman–Crippen LogP) is 1.55. The summed E-state index contributed by atoms with van der Waals surface area (Å²) in [4.78, 5) is 31.4. The number of hydrogen-bond donors (Lipinski definition) is 2. The number of amides is 1. The largest absolute Gasteiger partial charge is 0.493 e. The highest BCUT2D eigenvalue weighted by Crippen LogP contribution is 2.26. The number of hydrogen-bond acceptors (Lipinski definition) is 4. The summed E-state index contributed by atoms with van der Waals surface area (Å²) in [5.74, 6) is 1.64. The van der Waals surface area contributed by atoms with Gasteiger partial charge in [0.1, 0.15) is 11.6 Å². The molecule has 2 aromatic rings. The Kier molecular flexibility index (Phi) is 5.16. The number of carbonyl (C=O) groups is 1. The lowest BCUT2D eigenvalue weighted by atomic mass is 9.96. The molecule has 1 unspecified atom stereocenters. The van der Waals surface area contributed by atoms with Gasteiger partial charge in [0.05, 0.1) is 13.0 Å². The summed E-state index contributed by atoms with van der Waals surface area (Å²) in [6, 6.07) is 7.96. The molecule has 1 aromatic heterocycles. The first-order chi connectivity index (χ1) is 12.1. The van der Waals surface area contributed by atoms with Crippen LogP contribution in [-0.4, -0.2) is 29.0 Å². The molecule has 6 heteroatoms. The van der Waals surface area contributed by atoms with Crippen LogP contribution in [0.5, 0.6) is 5.75 Å². The lowest BCUT2D eigenvalue weighted by Crippen LogP contribution is -2.36. The molecule has 1 aliphatic heterocycles. The van der Waals surface area contributed by atoms with Crippen molar-refractivity contribution in [1.82, 2.24) is 15.3 Å². The number of carbonyl (C=O) groups excluding carboxylic acids is 1. The second-order valence-corrected chi connectivity index (χ2v) is 6.40. The summed E-state index contributed by atoms with van der Waals surface area (Å²) in [6.45, 7) is 4.81. The Morgan fingerprint density at radius 1 is 1.40 bits per heavy atom. The third kappa shape index (κ3) is 4.07. The zero-order valence-corrected chi connectivity index (χ0v) is 14.6. The van der Waals surface area contributed by atoms with Crippen LogP contribution in [-0.2, 0) is 24.1 Å². The molecule has 6 nitrogen and oxygen atoms in total. The summed E-state index contributed by atoms with van der Waals surface area (Å²) in [5.41, 5.74) is 1.99. The third-order valence-corrected chi connectivity index (χ3v) is 4.49. The molecule has 0 fully saturated rings. The first-order valence-corrected chi connectivity index (χ1v) is 8.63. The van der Waals surface area contributed by atoms with Crippen LogP contribution in [0.15, 0.2) is 29.1 Å². The Balaban J connectivity index is 1.57. The molecule has 0 spiro atoms. The normalized spacial score (nSPS) is 16.0.